The van der Waals surface area contributed by atoms with E-state index in [0.717, 1.165) is 19.3 Å². The van der Waals surface area contributed by atoms with Crippen molar-refractivity contribution in [2.24, 2.45) is 0 Å². The van der Waals surface area contributed by atoms with Gasteiger partial charge < -0.3 is 9.47 Å². The van der Waals surface area contributed by atoms with Crippen molar-refractivity contribution in [1.82, 2.24) is 0 Å². The molecule has 1 aromatic carbocycles. The molecule has 1 aromatic rings. The number of hydrogen-bond donors (Lipinski definition) is 0. The number of rotatable bonds is 6. The maximum atomic E-state index is 11.5. The summed E-state index contributed by atoms with van der Waals surface area (Å²) in [6.45, 7) is 3.94. The molecule has 0 aromatic heterocycles. The Labute approximate surface area is 111 Å². The quantitative estimate of drug-likeness (QED) is 0.340. The van der Waals surface area contributed by atoms with E-state index in [1.165, 1.54) is 24.3 Å². The van der Waals surface area contributed by atoms with E-state index in [-0.39, 0.29) is 17.5 Å². The van der Waals surface area contributed by atoms with Crippen LogP contribution in [0.15, 0.2) is 24.3 Å². The number of nitro benzene ring substituents is 1. The van der Waals surface area contributed by atoms with Gasteiger partial charge in [0, 0.05) is 12.1 Å². The lowest BCUT2D eigenvalue weighted by Crippen LogP contribution is -2.20. The van der Waals surface area contributed by atoms with Gasteiger partial charge in [0.25, 0.3) is 5.69 Å². The molecule has 0 bridgehead atoms. The number of carbonyl (C=O) groups is 1. The highest BCUT2D eigenvalue weighted by Gasteiger charge is 2.14. The standard InChI is InChI=1S/C13H17NO5/c1-3-5-11(4-2)18-13(15)19-12-8-6-10(7-9-12)14(16)17/h6-9,11H,3-5H2,1-2H3. The van der Waals surface area contributed by atoms with Gasteiger partial charge in [-0.25, -0.2) is 4.79 Å². The molecule has 0 aliphatic rings. The summed E-state index contributed by atoms with van der Waals surface area (Å²) in [6.07, 6.45) is 1.49. The van der Waals surface area contributed by atoms with Gasteiger partial charge in [-0.15, -0.1) is 0 Å². The van der Waals surface area contributed by atoms with Crippen molar-refractivity contribution in [1.29, 1.82) is 0 Å². The fourth-order valence-electron chi connectivity index (χ4n) is 1.56. The van der Waals surface area contributed by atoms with Crippen molar-refractivity contribution >= 4 is 11.8 Å². The van der Waals surface area contributed by atoms with Crippen LogP contribution in [0.1, 0.15) is 33.1 Å². The Bertz CT molecular complexity index is 429. The van der Waals surface area contributed by atoms with Crippen LogP contribution in [-0.4, -0.2) is 17.2 Å². The molecule has 0 amide bonds. The van der Waals surface area contributed by atoms with Crippen LogP contribution in [0.3, 0.4) is 0 Å². The molecule has 0 saturated carbocycles. The Morgan fingerprint density at radius 2 is 1.95 bits per heavy atom. The lowest BCUT2D eigenvalue weighted by atomic mass is 10.2. The van der Waals surface area contributed by atoms with Crippen LogP contribution in [0.2, 0.25) is 0 Å². The highest BCUT2D eigenvalue weighted by Crippen LogP contribution is 2.18. The van der Waals surface area contributed by atoms with Gasteiger partial charge in [0.1, 0.15) is 11.9 Å². The maximum Gasteiger partial charge on any atom is 0.514 e. The van der Waals surface area contributed by atoms with E-state index in [0.29, 0.717) is 0 Å². The van der Waals surface area contributed by atoms with Crippen molar-refractivity contribution in [2.75, 3.05) is 0 Å². The molecule has 0 aliphatic heterocycles. The first-order valence-corrected chi connectivity index (χ1v) is 6.19. The highest BCUT2D eigenvalue weighted by molar-refractivity contribution is 5.64. The average molecular weight is 267 g/mol. The average Bonchev–Trinajstić information content (AvgIpc) is 2.38. The second-order valence-electron chi connectivity index (χ2n) is 4.04. The smallest absolute Gasteiger partial charge is 0.431 e. The molecule has 0 spiro atoms. The minimum atomic E-state index is -0.783. The third-order valence-corrected chi connectivity index (χ3v) is 2.58. The zero-order valence-corrected chi connectivity index (χ0v) is 11.0. The minimum Gasteiger partial charge on any atom is -0.431 e. The van der Waals surface area contributed by atoms with Crippen LogP contribution in [-0.2, 0) is 4.74 Å². The SMILES string of the molecule is CCCC(CC)OC(=O)Oc1ccc([N+](=O)[O-])cc1. The summed E-state index contributed by atoms with van der Waals surface area (Å²) in [5.41, 5.74) is -0.0573. The molecule has 0 fully saturated rings. The fraction of sp³-hybridized carbons (Fsp3) is 0.462. The summed E-state index contributed by atoms with van der Waals surface area (Å²) in [5.74, 6) is 0.224. The molecular weight excluding hydrogens is 250 g/mol. The van der Waals surface area contributed by atoms with E-state index in [9.17, 15) is 14.9 Å². The molecule has 1 atom stereocenters. The molecule has 0 aliphatic carbocycles. The Morgan fingerprint density at radius 1 is 1.32 bits per heavy atom. The first kappa shape index (κ1) is 14.9. The van der Waals surface area contributed by atoms with Crippen LogP contribution in [0, 0.1) is 10.1 Å². The summed E-state index contributed by atoms with van der Waals surface area (Å²) in [5, 5.41) is 10.5. The van der Waals surface area contributed by atoms with Crippen molar-refractivity contribution in [3.63, 3.8) is 0 Å². The Morgan fingerprint density at radius 3 is 2.42 bits per heavy atom. The summed E-state index contributed by atoms with van der Waals surface area (Å²) in [4.78, 5) is 21.4. The topological polar surface area (TPSA) is 78.7 Å². The first-order valence-electron chi connectivity index (χ1n) is 6.19. The number of benzene rings is 1. The normalized spacial score (nSPS) is 11.7. The van der Waals surface area contributed by atoms with E-state index >= 15 is 0 Å². The molecule has 6 nitrogen and oxygen atoms in total. The third kappa shape index (κ3) is 4.95. The number of non-ortho nitro benzene ring substituents is 1. The molecule has 0 N–H and O–H groups in total. The van der Waals surface area contributed by atoms with Gasteiger partial charge in [-0.3, -0.25) is 10.1 Å². The Balaban J connectivity index is 2.54. The van der Waals surface area contributed by atoms with Gasteiger partial charge in [-0.05, 0) is 25.0 Å². The second-order valence-corrected chi connectivity index (χ2v) is 4.04. The largest absolute Gasteiger partial charge is 0.514 e. The number of ether oxygens (including phenoxy) is 2. The molecule has 0 saturated heterocycles. The molecule has 0 heterocycles. The second kappa shape index (κ2) is 7.35. The maximum absolute atomic E-state index is 11.5. The van der Waals surface area contributed by atoms with E-state index in [1.807, 2.05) is 13.8 Å². The van der Waals surface area contributed by atoms with Gasteiger partial charge >= 0.3 is 6.16 Å². The summed E-state index contributed by atoms with van der Waals surface area (Å²) in [7, 11) is 0. The van der Waals surface area contributed by atoms with Gasteiger partial charge in [0.05, 0.1) is 4.92 Å². The summed E-state index contributed by atoms with van der Waals surface area (Å²) in [6, 6.07) is 5.26. The fourth-order valence-corrected chi connectivity index (χ4v) is 1.56. The van der Waals surface area contributed by atoms with Gasteiger partial charge in [-0.2, -0.15) is 0 Å². The Kier molecular flexibility index (Phi) is 5.78. The molecule has 1 unspecified atom stereocenters. The number of nitro groups is 1. The minimum absolute atomic E-state index is 0.0573. The van der Waals surface area contributed by atoms with Crippen molar-refractivity contribution in [2.45, 2.75) is 39.2 Å². The van der Waals surface area contributed by atoms with Gasteiger partial charge in [0.2, 0.25) is 0 Å². The third-order valence-electron chi connectivity index (χ3n) is 2.58. The van der Waals surface area contributed by atoms with Crippen LogP contribution in [0.5, 0.6) is 5.75 Å². The van der Waals surface area contributed by atoms with E-state index in [2.05, 4.69) is 0 Å². The number of carbonyl (C=O) groups excluding carboxylic acids is 1. The number of nitrogens with zero attached hydrogens (tertiary/aromatic N) is 1. The van der Waals surface area contributed by atoms with E-state index < -0.39 is 11.1 Å². The van der Waals surface area contributed by atoms with Crippen molar-refractivity contribution < 1.29 is 19.2 Å². The summed E-state index contributed by atoms with van der Waals surface area (Å²) < 4.78 is 10.1. The zero-order valence-electron chi connectivity index (χ0n) is 11.0. The van der Waals surface area contributed by atoms with Crippen molar-refractivity contribution in [3.05, 3.63) is 34.4 Å². The van der Waals surface area contributed by atoms with Crippen LogP contribution < -0.4 is 4.74 Å². The van der Waals surface area contributed by atoms with E-state index in [4.69, 9.17) is 9.47 Å². The predicted octanol–water partition coefficient (Wildman–Crippen LogP) is 3.69. The van der Waals surface area contributed by atoms with Gasteiger partial charge in [0.15, 0.2) is 0 Å². The van der Waals surface area contributed by atoms with Crippen molar-refractivity contribution in [3.8, 4) is 5.75 Å². The molecule has 6 heteroatoms. The number of hydrogen-bond acceptors (Lipinski definition) is 5. The molecular formula is C13H17NO5. The van der Waals surface area contributed by atoms with E-state index in [1.54, 1.807) is 0 Å². The first-order chi connectivity index (χ1) is 9.06. The Hall–Kier alpha value is -2.11. The van der Waals surface area contributed by atoms with Gasteiger partial charge in [-0.1, -0.05) is 20.3 Å². The zero-order chi connectivity index (χ0) is 14.3. The molecule has 19 heavy (non-hydrogen) atoms. The highest BCUT2D eigenvalue weighted by atomic mass is 16.7. The lowest BCUT2D eigenvalue weighted by molar-refractivity contribution is -0.384. The predicted molar refractivity (Wildman–Crippen MR) is 69.2 cm³/mol. The lowest BCUT2D eigenvalue weighted by Gasteiger charge is -2.14. The van der Waals surface area contributed by atoms with Crippen LogP contribution in [0.25, 0.3) is 0 Å². The van der Waals surface area contributed by atoms with Crippen LogP contribution >= 0.6 is 0 Å². The van der Waals surface area contributed by atoms with Crippen LogP contribution in [0.4, 0.5) is 10.5 Å². The molecule has 0 radical (unpaired) electrons. The molecule has 104 valence electrons. The summed E-state index contributed by atoms with van der Waals surface area (Å²) >= 11 is 0. The molecule has 1 rings (SSSR count). The monoisotopic (exact) mass is 267 g/mol.